The van der Waals surface area contributed by atoms with E-state index in [4.69, 9.17) is 51.4 Å². The number of aromatic nitrogens is 4. The van der Waals surface area contributed by atoms with Crippen molar-refractivity contribution in [2.45, 2.75) is 168 Å². The summed E-state index contributed by atoms with van der Waals surface area (Å²) < 4.78 is 180. The summed E-state index contributed by atoms with van der Waals surface area (Å²) >= 11 is 0. The monoisotopic (exact) mass is 772 g/mol. The third-order valence-corrected chi connectivity index (χ3v) is 9.12. The molecule has 2 aromatic heterocycles. The Morgan fingerprint density at radius 2 is 1.00 bits per heavy atom. The molecular weight excluding hydrogens is 690 g/mol. The Morgan fingerprint density at radius 3 is 1.37 bits per heavy atom. The van der Waals surface area contributed by atoms with Crippen LogP contribution in [0.3, 0.4) is 0 Å². The molecular formula is C38H64B2N6O8. The van der Waals surface area contributed by atoms with Crippen molar-refractivity contribution >= 4 is 37.3 Å². The molecule has 14 nitrogen and oxygen atoms in total. The first kappa shape index (κ1) is 24.5. The maximum atomic E-state index is 12.8. The highest BCUT2D eigenvalue weighted by molar-refractivity contribution is 6.62. The van der Waals surface area contributed by atoms with Crippen LogP contribution >= 0.6 is 0 Å². The summed E-state index contributed by atoms with van der Waals surface area (Å²) in [5.74, 6) is 0. The van der Waals surface area contributed by atoms with E-state index < -0.39 is 124 Å². The van der Waals surface area contributed by atoms with Gasteiger partial charge in [0.15, 0.2) is 0 Å². The molecule has 0 unspecified atom stereocenters. The number of likely N-dealkylation sites (tertiary alicyclic amines) is 2. The molecule has 0 radical (unpaired) electrons. The lowest BCUT2D eigenvalue weighted by atomic mass is 9.82. The van der Waals surface area contributed by atoms with Crippen LogP contribution in [0, 0.1) is 0 Å². The van der Waals surface area contributed by atoms with E-state index in [0.717, 1.165) is 17.1 Å². The molecule has 0 bridgehead atoms. The second kappa shape index (κ2) is 15.1. The summed E-state index contributed by atoms with van der Waals surface area (Å²) in [6.07, 6.45) is -11.7. The van der Waals surface area contributed by atoms with Crippen LogP contribution in [0.2, 0.25) is 0 Å². The highest BCUT2D eigenvalue weighted by Crippen LogP contribution is 2.38. The average Bonchev–Trinajstić information content (AvgIpc) is 3.89. The lowest BCUT2D eigenvalue weighted by molar-refractivity contribution is 0.00578. The van der Waals surface area contributed by atoms with Gasteiger partial charge >= 0.3 is 26.4 Å². The lowest BCUT2D eigenvalue weighted by Crippen LogP contribution is -2.42. The van der Waals surface area contributed by atoms with Crippen LogP contribution < -0.4 is 10.9 Å². The van der Waals surface area contributed by atoms with Gasteiger partial charge in [-0.25, -0.2) is 9.59 Å². The molecule has 6 rings (SSSR count). The largest absolute Gasteiger partial charge is 0.498 e. The van der Waals surface area contributed by atoms with E-state index in [2.05, 4.69) is 10.2 Å². The molecule has 2 aromatic rings. The average molecular weight is 772 g/mol. The number of hydrogen-bond donors (Lipinski definition) is 0. The lowest BCUT2D eigenvalue weighted by Gasteiger charge is -2.33. The van der Waals surface area contributed by atoms with Gasteiger partial charge in [-0.05, 0) is 122 Å². The molecule has 300 valence electrons. The second-order valence-corrected chi connectivity index (χ2v) is 17.0. The molecule has 0 aliphatic carbocycles. The van der Waals surface area contributed by atoms with E-state index in [1.807, 2.05) is 27.7 Å². The predicted molar refractivity (Wildman–Crippen MR) is 208 cm³/mol. The Labute approximate surface area is 347 Å². The van der Waals surface area contributed by atoms with Crippen molar-refractivity contribution in [2.24, 2.45) is 0 Å². The normalized spacial score (nSPS) is 35.6. The topological polar surface area (TPSA) is 132 Å². The van der Waals surface area contributed by atoms with Crippen LogP contribution in [0.15, 0.2) is 24.8 Å². The van der Waals surface area contributed by atoms with Gasteiger partial charge < -0.3 is 37.9 Å². The number of carbonyl (C=O) groups is 2. The molecule has 54 heavy (non-hydrogen) atoms. The molecule has 0 aromatic carbocycles. The Morgan fingerprint density at radius 1 is 0.667 bits per heavy atom. The zero-order chi connectivity index (χ0) is 55.3. The Hall–Kier alpha value is -3.07. The van der Waals surface area contributed by atoms with Crippen LogP contribution in [0.25, 0.3) is 0 Å². The van der Waals surface area contributed by atoms with Gasteiger partial charge in [0.2, 0.25) is 0 Å². The number of piperidine rings is 2. The zero-order valence-electron chi connectivity index (χ0n) is 50.5. The fourth-order valence-electron chi connectivity index (χ4n) is 4.79. The smallest absolute Gasteiger partial charge is 0.444 e. The van der Waals surface area contributed by atoms with Gasteiger partial charge in [-0.2, -0.15) is 10.2 Å². The fourth-order valence-corrected chi connectivity index (χ4v) is 4.79. The standard InChI is InChI=1S/2C19H32BN3O4/c2*1-17(2,3)25-16(24)22-10-8-15(9-11-22)23-13-14(12-21-23)20-26-18(4,5)19(6,7)27-20/h2*12-13,15H,8-11H2,1-7H3/i8D2,9D2,10D2,11D2,15D;8D2,9D2,10D2,11D2. The minimum absolute atomic E-state index is 0.125. The molecule has 0 atom stereocenters. The van der Waals surface area contributed by atoms with Gasteiger partial charge in [-0.15, -0.1) is 0 Å². The summed E-state index contributed by atoms with van der Waals surface area (Å²) in [6.45, 7) is 9.62. The van der Waals surface area contributed by atoms with Crippen LogP contribution in [0.5, 0.6) is 0 Å². The maximum Gasteiger partial charge on any atom is 0.498 e. The van der Waals surface area contributed by atoms with Gasteiger partial charge in [-0.1, -0.05) is 0 Å². The number of amides is 2. The minimum atomic E-state index is -3.54. The number of carbonyl (C=O) groups excluding carboxylic acids is 2. The van der Waals surface area contributed by atoms with Crippen molar-refractivity contribution in [2.75, 3.05) is 26.0 Å². The van der Waals surface area contributed by atoms with Crippen molar-refractivity contribution < 1.29 is 61.0 Å². The van der Waals surface area contributed by atoms with Gasteiger partial charge in [-0.3, -0.25) is 9.36 Å². The third-order valence-electron chi connectivity index (χ3n) is 9.12. The number of rotatable bonds is 4. The number of hydrogen-bond acceptors (Lipinski definition) is 10. The zero-order valence-corrected chi connectivity index (χ0v) is 33.5. The molecule has 16 heteroatoms. The molecule has 4 aliphatic heterocycles. The number of ether oxygens (including phenoxy) is 2. The van der Waals surface area contributed by atoms with E-state index >= 15 is 0 Å². The quantitative estimate of drug-likeness (QED) is 0.367. The van der Waals surface area contributed by atoms with Crippen molar-refractivity contribution in [3.8, 4) is 0 Å². The van der Waals surface area contributed by atoms with E-state index in [1.54, 1.807) is 27.7 Å². The van der Waals surface area contributed by atoms with Crippen molar-refractivity contribution in [3.05, 3.63) is 24.8 Å². The van der Waals surface area contributed by atoms with Crippen LogP contribution in [-0.2, 0) is 28.1 Å². The first-order valence-electron chi connectivity index (χ1n) is 26.0. The first-order valence-corrected chi connectivity index (χ1v) is 17.5. The predicted octanol–water partition coefficient (Wildman–Crippen LogP) is 5.51. The van der Waals surface area contributed by atoms with Crippen LogP contribution in [0.4, 0.5) is 9.59 Å². The van der Waals surface area contributed by atoms with Crippen molar-refractivity contribution in [3.63, 3.8) is 0 Å². The summed E-state index contributed by atoms with van der Waals surface area (Å²) in [5.41, 5.74) is -4.69. The van der Waals surface area contributed by atoms with Crippen LogP contribution in [-0.4, -0.2) is 115 Å². The molecule has 4 aliphatic rings. The molecule has 0 saturated carbocycles. The Balaban J connectivity index is 0.000000264. The van der Waals surface area contributed by atoms with Gasteiger partial charge in [0, 0.05) is 83.6 Å². The molecule has 0 N–H and O–H groups in total. The fraction of sp³-hybridized carbons (Fsp3) is 0.789. The van der Waals surface area contributed by atoms with E-state index in [9.17, 15) is 9.59 Å². The molecule has 2 amide bonds. The van der Waals surface area contributed by atoms with Gasteiger partial charge in [0.1, 0.15) is 11.2 Å². The van der Waals surface area contributed by atoms with Crippen molar-refractivity contribution in [1.29, 1.82) is 0 Å². The molecule has 6 heterocycles. The highest BCUT2D eigenvalue weighted by atomic mass is 16.7. The van der Waals surface area contributed by atoms with Gasteiger partial charge in [0.25, 0.3) is 0 Å². The second-order valence-electron chi connectivity index (χ2n) is 17.0. The van der Waals surface area contributed by atoms with Crippen molar-refractivity contribution in [1.82, 2.24) is 29.4 Å². The summed E-state index contributed by atoms with van der Waals surface area (Å²) in [5, 5.41) is 7.96. The highest BCUT2D eigenvalue weighted by Gasteiger charge is 2.53. The Kier molecular flexibility index (Phi) is 6.87. The SMILES string of the molecule is [2H]C1([2H])C(n2cc(B3OC(C)(C)C(C)(C)O3)cn2)C([2H])([2H])C([2H])([2H])N(C(=O)OC(C)(C)C)C1([2H])[2H].[2H]C1([2H])N(C(=O)OC(C)(C)C)C([2H])([2H])C([2H])([2H])C([2H])(n2cc(B3OC(C)(C)C(C)(C)O3)cn2)C1([2H])[2H]. The third kappa shape index (κ3) is 9.83. The summed E-state index contributed by atoms with van der Waals surface area (Å²) in [4.78, 5) is 25.3. The Bertz CT molecular complexity index is 2300. The maximum absolute atomic E-state index is 12.8. The van der Waals surface area contributed by atoms with E-state index in [1.165, 1.54) is 53.9 Å². The molecule has 4 saturated heterocycles. The van der Waals surface area contributed by atoms with E-state index in [-0.39, 0.29) is 15.3 Å². The minimum Gasteiger partial charge on any atom is -0.444 e. The first-order chi connectivity index (χ1) is 31.2. The van der Waals surface area contributed by atoms with Gasteiger partial charge in [0.05, 0.1) is 35.8 Å². The number of nitrogens with zero attached hydrogens (tertiary/aromatic N) is 6. The summed E-state index contributed by atoms with van der Waals surface area (Å²) in [7, 11) is -1.90. The van der Waals surface area contributed by atoms with E-state index in [0.29, 0.717) is 10.1 Å². The van der Waals surface area contributed by atoms with Crippen LogP contribution in [0.1, 0.15) is 158 Å². The molecule has 4 fully saturated rings. The summed E-state index contributed by atoms with van der Waals surface area (Å²) in [6, 6.07) is -5.43. The molecule has 0 spiro atoms.